The Bertz CT molecular complexity index is 732. The lowest BCUT2D eigenvalue weighted by molar-refractivity contribution is -0.137. The Hall–Kier alpha value is -2.09. The highest BCUT2D eigenvalue weighted by Gasteiger charge is 2.45. The Balaban J connectivity index is 1.43. The van der Waals surface area contributed by atoms with Crippen molar-refractivity contribution in [1.29, 1.82) is 0 Å². The molecule has 0 aromatic heterocycles. The Morgan fingerprint density at radius 1 is 1.21 bits per heavy atom. The molecule has 0 bridgehead atoms. The maximum Gasteiger partial charge on any atom is 0.416 e. The van der Waals surface area contributed by atoms with Crippen LogP contribution in [0.2, 0.25) is 0 Å². The lowest BCUT2D eigenvalue weighted by Crippen LogP contribution is -2.47. The van der Waals surface area contributed by atoms with Gasteiger partial charge in [-0.05, 0) is 56.8 Å². The third-order valence-corrected chi connectivity index (χ3v) is 5.70. The molecule has 1 heterocycles. The number of rotatable bonds is 7. The summed E-state index contributed by atoms with van der Waals surface area (Å²) in [5, 5.41) is 5.53. The van der Waals surface area contributed by atoms with Crippen molar-refractivity contribution in [3.8, 4) is 0 Å². The maximum atomic E-state index is 12.9. The van der Waals surface area contributed by atoms with E-state index in [0.29, 0.717) is 18.5 Å². The van der Waals surface area contributed by atoms with Crippen molar-refractivity contribution in [2.24, 2.45) is 5.92 Å². The molecule has 2 unspecified atom stereocenters. The second kappa shape index (κ2) is 9.15. The van der Waals surface area contributed by atoms with E-state index in [2.05, 4.69) is 15.5 Å². The first kappa shape index (κ1) is 21.6. The molecule has 2 amide bonds. The number of hydrogen-bond donors (Lipinski definition) is 2. The molecular weight excluding hydrogens is 383 g/mol. The fraction of sp³-hybridized carbons (Fsp3) is 0.619. The second-order valence-electron chi connectivity index (χ2n) is 8.00. The van der Waals surface area contributed by atoms with Crippen LogP contribution in [0.5, 0.6) is 0 Å². The van der Waals surface area contributed by atoms with Crippen molar-refractivity contribution in [2.75, 3.05) is 26.2 Å². The summed E-state index contributed by atoms with van der Waals surface area (Å²) in [4.78, 5) is 26.9. The van der Waals surface area contributed by atoms with Crippen LogP contribution < -0.4 is 10.6 Å². The third-order valence-electron chi connectivity index (χ3n) is 5.70. The van der Waals surface area contributed by atoms with Crippen molar-refractivity contribution in [3.63, 3.8) is 0 Å². The van der Waals surface area contributed by atoms with Gasteiger partial charge in [-0.15, -0.1) is 0 Å². The van der Waals surface area contributed by atoms with Gasteiger partial charge in [0.15, 0.2) is 0 Å². The molecule has 5 nitrogen and oxygen atoms in total. The minimum atomic E-state index is -4.40. The molecule has 1 aliphatic carbocycles. The molecule has 160 valence electrons. The van der Waals surface area contributed by atoms with Crippen molar-refractivity contribution >= 4 is 11.8 Å². The SMILES string of the molecule is C[C@@H](NC(=O)C1CC1c1cccc(C(F)(F)F)c1)C(=O)NCCN1CCCCC1. The number of alkyl halides is 3. The highest BCUT2D eigenvalue weighted by atomic mass is 19.4. The van der Waals surface area contributed by atoms with Crippen LogP contribution in [0.15, 0.2) is 24.3 Å². The van der Waals surface area contributed by atoms with E-state index in [1.54, 1.807) is 13.0 Å². The monoisotopic (exact) mass is 411 g/mol. The van der Waals surface area contributed by atoms with Gasteiger partial charge in [0.2, 0.25) is 11.8 Å². The van der Waals surface area contributed by atoms with E-state index >= 15 is 0 Å². The highest BCUT2D eigenvalue weighted by Crippen LogP contribution is 2.48. The molecule has 3 rings (SSSR count). The summed E-state index contributed by atoms with van der Waals surface area (Å²) in [6.45, 7) is 5.07. The number of hydrogen-bond acceptors (Lipinski definition) is 3. The first-order chi connectivity index (χ1) is 13.8. The summed E-state index contributed by atoms with van der Waals surface area (Å²) in [6, 6.07) is 4.44. The molecule has 1 aromatic carbocycles. The molecule has 2 N–H and O–H groups in total. The normalized spacial score (nSPS) is 23.3. The molecule has 1 aliphatic heterocycles. The molecule has 2 aliphatic rings. The number of halogens is 3. The molecule has 1 aromatic rings. The van der Waals surface area contributed by atoms with E-state index < -0.39 is 17.8 Å². The zero-order valence-corrected chi connectivity index (χ0v) is 16.6. The third kappa shape index (κ3) is 5.95. The van der Waals surface area contributed by atoms with Crippen molar-refractivity contribution in [1.82, 2.24) is 15.5 Å². The van der Waals surface area contributed by atoms with Gasteiger partial charge in [0.05, 0.1) is 5.56 Å². The second-order valence-corrected chi connectivity index (χ2v) is 8.00. The molecule has 1 saturated heterocycles. The predicted molar refractivity (Wildman–Crippen MR) is 103 cm³/mol. The molecule has 8 heteroatoms. The van der Waals surface area contributed by atoms with E-state index in [1.807, 2.05) is 0 Å². The first-order valence-corrected chi connectivity index (χ1v) is 10.2. The fourth-order valence-electron chi connectivity index (χ4n) is 3.86. The van der Waals surface area contributed by atoms with Gasteiger partial charge in [-0.1, -0.05) is 24.6 Å². The Kier molecular flexibility index (Phi) is 6.82. The summed E-state index contributed by atoms with van der Waals surface area (Å²) in [6.07, 6.45) is -0.266. The quantitative estimate of drug-likeness (QED) is 0.725. The van der Waals surface area contributed by atoms with Crippen LogP contribution in [0.25, 0.3) is 0 Å². The Labute approximate surface area is 169 Å². The zero-order valence-electron chi connectivity index (χ0n) is 16.6. The highest BCUT2D eigenvalue weighted by molar-refractivity contribution is 5.89. The van der Waals surface area contributed by atoms with Crippen LogP contribution in [0.1, 0.15) is 49.7 Å². The van der Waals surface area contributed by atoms with E-state index in [1.165, 1.54) is 25.3 Å². The number of carbonyl (C=O) groups is 2. The van der Waals surface area contributed by atoms with Gasteiger partial charge < -0.3 is 15.5 Å². The number of nitrogens with zero attached hydrogens (tertiary/aromatic N) is 1. The number of piperidine rings is 1. The lowest BCUT2D eigenvalue weighted by Gasteiger charge is -2.26. The van der Waals surface area contributed by atoms with Crippen LogP contribution >= 0.6 is 0 Å². The number of likely N-dealkylation sites (tertiary alicyclic amines) is 1. The van der Waals surface area contributed by atoms with Gasteiger partial charge in [-0.2, -0.15) is 13.2 Å². The van der Waals surface area contributed by atoms with Gasteiger partial charge in [0.25, 0.3) is 0 Å². The minimum absolute atomic E-state index is 0.230. The predicted octanol–water partition coefficient (Wildman–Crippen LogP) is 2.92. The minimum Gasteiger partial charge on any atom is -0.353 e. The molecule has 1 saturated carbocycles. The fourth-order valence-corrected chi connectivity index (χ4v) is 3.86. The molecule has 2 fully saturated rings. The molecule has 0 spiro atoms. The number of nitrogens with one attached hydrogen (secondary N) is 2. The smallest absolute Gasteiger partial charge is 0.353 e. The largest absolute Gasteiger partial charge is 0.416 e. The zero-order chi connectivity index (χ0) is 21.0. The van der Waals surface area contributed by atoms with E-state index in [0.717, 1.165) is 31.8 Å². The van der Waals surface area contributed by atoms with Crippen molar-refractivity contribution in [2.45, 2.75) is 50.7 Å². The van der Waals surface area contributed by atoms with Gasteiger partial charge in [0.1, 0.15) is 6.04 Å². The lowest BCUT2D eigenvalue weighted by atomic mass is 10.1. The van der Waals surface area contributed by atoms with Gasteiger partial charge >= 0.3 is 6.18 Å². The van der Waals surface area contributed by atoms with Crippen LogP contribution in [0, 0.1) is 5.92 Å². The summed E-state index contributed by atoms with van der Waals surface area (Å²) < 4.78 is 38.6. The van der Waals surface area contributed by atoms with Gasteiger partial charge in [0, 0.05) is 19.0 Å². The number of carbonyl (C=O) groups excluding carboxylic acids is 2. The summed E-state index contributed by atoms with van der Waals surface area (Å²) in [5.74, 6) is -1.15. The van der Waals surface area contributed by atoms with E-state index in [4.69, 9.17) is 0 Å². The first-order valence-electron chi connectivity index (χ1n) is 10.2. The van der Waals surface area contributed by atoms with Crippen molar-refractivity contribution < 1.29 is 22.8 Å². The van der Waals surface area contributed by atoms with Gasteiger partial charge in [-0.25, -0.2) is 0 Å². The standard InChI is InChI=1S/C21H28F3N3O2/c1-14(19(28)25-8-11-27-9-3-2-4-10-27)26-20(29)18-13-17(18)15-6-5-7-16(12-15)21(22,23)24/h5-7,12,14,17-18H,2-4,8-11,13H2,1H3,(H,25,28)(H,26,29)/t14-,17?,18?/m1/s1. The van der Waals surface area contributed by atoms with E-state index in [9.17, 15) is 22.8 Å². The van der Waals surface area contributed by atoms with E-state index in [-0.39, 0.29) is 23.7 Å². The summed E-state index contributed by atoms with van der Waals surface area (Å²) in [7, 11) is 0. The maximum absolute atomic E-state index is 12.9. The molecular formula is C21H28F3N3O2. The van der Waals surface area contributed by atoms with Crippen LogP contribution in [0.3, 0.4) is 0 Å². The summed E-state index contributed by atoms with van der Waals surface area (Å²) in [5.41, 5.74) is -0.193. The van der Waals surface area contributed by atoms with Gasteiger partial charge in [-0.3, -0.25) is 9.59 Å². The van der Waals surface area contributed by atoms with Crippen LogP contribution in [-0.2, 0) is 15.8 Å². The average Bonchev–Trinajstić information content (AvgIpc) is 3.49. The number of amides is 2. The molecule has 29 heavy (non-hydrogen) atoms. The Morgan fingerprint density at radius 3 is 2.62 bits per heavy atom. The average molecular weight is 411 g/mol. The van der Waals surface area contributed by atoms with Crippen LogP contribution in [-0.4, -0.2) is 48.9 Å². The Morgan fingerprint density at radius 2 is 1.93 bits per heavy atom. The van der Waals surface area contributed by atoms with Crippen molar-refractivity contribution in [3.05, 3.63) is 35.4 Å². The molecule has 0 radical (unpaired) electrons. The topological polar surface area (TPSA) is 61.4 Å². The number of benzene rings is 1. The van der Waals surface area contributed by atoms with Crippen LogP contribution in [0.4, 0.5) is 13.2 Å². The summed E-state index contributed by atoms with van der Waals surface area (Å²) >= 11 is 0. The molecule has 3 atom stereocenters.